The molecule has 7 rings (SSSR count). The average Bonchev–Trinajstić information content (AvgIpc) is 3.53. The monoisotopic (exact) mass is 606 g/mol. The number of aromatic nitrogens is 1. The zero-order valence-corrected chi connectivity index (χ0v) is 23.7. The van der Waals surface area contributed by atoms with Gasteiger partial charge in [-0.15, -0.1) is 0 Å². The summed E-state index contributed by atoms with van der Waals surface area (Å²) in [6.45, 7) is 0. The zero-order valence-electron chi connectivity index (χ0n) is 23.7. The van der Waals surface area contributed by atoms with Crippen molar-refractivity contribution in [2.24, 2.45) is 5.16 Å². The Hall–Kier alpha value is -6.04. The molecule has 224 valence electrons. The van der Waals surface area contributed by atoms with Gasteiger partial charge in [-0.2, -0.15) is 0 Å². The van der Waals surface area contributed by atoms with Crippen LogP contribution in [0.15, 0.2) is 58.2 Å². The molecule has 12 nitrogen and oxygen atoms in total. The lowest BCUT2D eigenvalue weighted by Crippen LogP contribution is -2.36. The molecule has 3 aromatic carbocycles. The number of fused-ring (bicyclic) bond motifs is 5. The summed E-state index contributed by atoms with van der Waals surface area (Å²) in [6.07, 6.45) is 1.99. The van der Waals surface area contributed by atoms with Crippen LogP contribution in [0.3, 0.4) is 0 Å². The molecule has 0 aliphatic heterocycles. The number of ether oxygens (including phenoxy) is 1. The van der Waals surface area contributed by atoms with E-state index in [1.807, 2.05) is 0 Å². The number of allylic oxidation sites excluding steroid dienone is 2. The van der Waals surface area contributed by atoms with Crippen molar-refractivity contribution >= 4 is 40.1 Å². The molecule has 1 atom stereocenters. The van der Waals surface area contributed by atoms with Gasteiger partial charge in [-0.25, -0.2) is 0 Å². The highest BCUT2D eigenvalue weighted by Crippen LogP contribution is 2.59. The second-order valence-electron chi connectivity index (χ2n) is 10.9. The van der Waals surface area contributed by atoms with Crippen molar-refractivity contribution in [1.82, 2.24) is 4.98 Å². The number of Topliss-reactive ketones (excluding diaryl/α,β-unsaturated/α-hetero) is 3. The quantitative estimate of drug-likeness (QED) is 0.116. The van der Waals surface area contributed by atoms with E-state index in [0.717, 1.165) is 13.2 Å². The minimum absolute atomic E-state index is 0.0807. The van der Waals surface area contributed by atoms with Crippen molar-refractivity contribution < 1.29 is 44.1 Å². The molecule has 12 heteroatoms. The summed E-state index contributed by atoms with van der Waals surface area (Å²) >= 11 is 0. The van der Waals surface area contributed by atoms with Crippen LogP contribution < -0.4 is 5.56 Å². The van der Waals surface area contributed by atoms with Crippen molar-refractivity contribution in [3.63, 3.8) is 0 Å². The van der Waals surface area contributed by atoms with Gasteiger partial charge in [0.1, 0.15) is 29.8 Å². The van der Waals surface area contributed by atoms with E-state index in [9.17, 15) is 39.3 Å². The van der Waals surface area contributed by atoms with Gasteiger partial charge in [0.25, 0.3) is 5.56 Å². The van der Waals surface area contributed by atoms with Crippen LogP contribution in [0.25, 0.3) is 21.9 Å². The number of phenols is 3. The fourth-order valence-electron chi connectivity index (χ4n) is 6.97. The second-order valence-corrected chi connectivity index (χ2v) is 10.9. The van der Waals surface area contributed by atoms with Crippen LogP contribution in [0.5, 0.6) is 17.2 Å². The normalized spacial score (nSPS) is 18.5. The van der Waals surface area contributed by atoms with Crippen LogP contribution in [0.4, 0.5) is 0 Å². The van der Waals surface area contributed by atoms with Gasteiger partial charge in [0.15, 0.2) is 23.1 Å². The number of methoxy groups -OCH3 is 1. The van der Waals surface area contributed by atoms with Gasteiger partial charge >= 0.3 is 0 Å². The summed E-state index contributed by atoms with van der Waals surface area (Å²) < 4.78 is 4.95. The average molecular weight is 607 g/mol. The Morgan fingerprint density at radius 2 is 1.53 bits per heavy atom. The lowest BCUT2D eigenvalue weighted by Gasteiger charge is -2.24. The fourth-order valence-corrected chi connectivity index (χ4v) is 6.97. The molecule has 0 saturated carbocycles. The maximum absolute atomic E-state index is 14.4. The smallest absolute Gasteiger partial charge is 0.260 e. The van der Waals surface area contributed by atoms with Gasteiger partial charge in [0.05, 0.1) is 46.7 Å². The summed E-state index contributed by atoms with van der Waals surface area (Å²) in [4.78, 5) is 75.7. The number of rotatable bonds is 4. The number of oxime groups is 1. The molecule has 45 heavy (non-hydrogen) atoms. The highest BCUT2D eigenvalue weighted by atomic mass is 16.6. The molecule has 0 radical (unpaired) electrons. The number of carbonyl (C=O) groups is 4. The van der Waals surface area contributed by atoms with E-state index in [0.29, 0.717) is 22.1 Å². The van der Waals surface area contributed by atoms with Crippen LogP contribution in [-0.2, 0) is 21.4 Å². The predicted octanol–water partition coefficient (Wildman–Crippen LogP) is 3.46. The van der Waals surface area contributed by atoms with Crippen molar-refractivity contribution in [1.29, 1.82) is 0 Å². The summed E-state index contributed by atoms with van der Waals surface area (Å²) in [6, 6.07) is 10.5. The number of nitrogens with zero attached hydrogens (tertiary/aromatic N) is 1. The topological polar surface area (TPSA) is 193 Å². The van der Waals surface area contributed by atoms with Gasteiger partial charge in [0.2, 0.25) is 5.78 Å². The summed E-state index contributed by atoms with van der Waals surface area (Å²) in [5, 5.41) is 38.2. The molecule has 0 saturated heterocycles. The molecule has 4 N–H and O–H groups in total. The summed E-state index contributed by atoms with van der Waals surface area (Å²) in [5.41, 5.74) is -3.88. The molecule has 3 aliphatic carbocycles. The standard InChI is InChI=1S/C33H22N2O10/c1-44-18-11-17(36)21-22(26(18)37)28(39)24-23(27(21)38)30(41)33(31(24)42)9-8-15-19(13-6-4-3-5-7-13)16-10-14(12-34-45-2)35-32(43)20(16)29(40)25(15)33/h3-7,10-12,38-40H,8-9H2,1-2H3,(H,35,43)/t33-/m0/s1. The number of phenolic OH excluding ortho intramolecular Hbond substituents is 3. The third-order valence-electron chi connectivity index (χ3n) is 8.79. The van der Waals surface area contributed by atoms with E-state index in [4.69, 9.17) is 9.57 Å². The van der Waals surface area contributed by atoms with Crippen LogP contribution in [0.2, 0.25) is 0 Å². The predicted molar refractivity (Wildman–Crippen MR) is 158 cm³/mol. The number of aromatic amines is 1. The Balaban J connectivity index is 1.56. The SMILES string of the molecule is CON=Cc1cc2c(-c3ccccc3)c3c(c(O)c2c(=O)[nH]1)[C@@]1(CC3)C(=O)c2c(O)c3c(c(O)c2C1=O)C(=O)C(OC)=CC3=O. The first-order valence-electron chi connectivity index (χ1n) is 13.7. The van der Waals surface area contributed by atoms with Crippen molar-refractivity contribution in [3.05, 3.63) is 97.7 Å². The van der Waals surface area contributed by atoms with E-state index in [1.54, 1.807) is 36.4 Å². The van der Waals surface area contributed by atoms with Gasteiger partial charge in [0, 0.05) is 17.0 Å². The molecule has 0 unspecified atom stereocenters. The number of aromatic hydroxyl groups is 3. The summed E-state index contributed by atoms with van der Waals surface area (Å²) in [7, 11) is 2.47. The van der Waals surface area contributed by atoms with Crippen LogP contribution >= 0.6 is 0 Å². The molecular weight excluding hydrogens is 584 g/mol. The summed E-state index contributed by atoms with van der Waals surface area (Å²) in [5.74, 6) is -6.78. The number of ketones is 4. The largest absolute Gasteiger partial charge is 0.507 e. The minimum Gasteiger partial charge on any atom is -0.507 e. The van der Waals surface area contributed by atoms with Crippen molar-refractivity contribution in [2.45, 2.75) is 18.3 Å². The molecule has 3 aliphatic rings. The number of benzene rings is 3. The first-order valence-corrected chi connectivity index (χ1v) is 13.7. The van der Waals surface area contributed by atoms with E-state index in [2.05, 4.69) is 10.1 Å². The first kappa shape index (κ1) is 27.8. The minimum atomic E-state index is -2.18. The molecule has 0 fully saturated rings. The molecule has 0 bridgehead atoms. The Bertz CT molecular complexity index is 2210. The number of hydrogen-bond acceptors (Lipinski definition) is 11. The maximum atomic E-state index is 14.4. The number of pyridine rings is 1. The van der Waals surface area contributed by atoms with Crippen LogP contribution in [0.1, 0.15) is 64.7 Å². The molecule has 0 amide bonds. The van der Waals surface area contributed by atoms with E-state index in [-0.39, 0.29) is 29.5 Å². The van der Waals surface area contributed by atoms with E-state index >= 15 is 0 Å². The highest BCUT2D eigenvalue weighted by Gasteiger charge is 2.62. The molecule has 1 aromatic heterocycles. The molecular formula is C33H22N2O10. The number of hydrogen-bond donors (Lipinski definition) is 4. The van der Waals surface area contributed by atoms with E-state index < -0.39 is 79.4 Å². The fraction of sp³-hybridized carbons (Fsp3) is 0.152. The molecule has 1 heterocycles. The molecule has 4 aromatic rings. The van der Waals surface area contributed by atoms with Gasteiger partial charge in [-0.3, -0.25) is 24.0 Å². The lowest BCUT2D eigenvalue weighted by atomic mass is 9.75. The molecule has 1 spiro atoms. The number of nitrogens with one attached hydrogen (secondary N) is 1. The third-order valence-corrected chi connectivity index (χ3v) is 8.79. The second kappa shape index (κ2) is 9.48. The maximum Gasteiger partial charge on any atom is 0.260 e. The van der Waals surface area contributed by atoms with Crippen LogP contribution in [-0.4, -0.2) is 63.9 Å². The Labute approximate surface area is 252 Å². The van der Waals surface area contributed by atoms with Crippen molar-refractivity contribution in [2.75, 3.05) is 14.2 Å². The first-order chi connectivity index (χ1) is 21.6. The van der Waals surface area contributed by atoms with Gasteiger partial charge in [-0.1, -0.05) is 35.5 Å². The van der Waals surface area contributed by atoms with E-state index in [1.165, 1.54) is 13.3 Å². The van der Waals surface area contributed by atoms with Gasteiger partial charge in [-0.05, 0) is 35.6 Å². The Morgan fingerprint density at radius 1 is 0.867 bits per heavy atom. The third kappa shape index (κ3) is 3.41. The van der Waals surface area contributed by atoms with Gasteiger partial charge < -0.3 is 29.9 Å². The Morgan fingerprint density at radius 3 is 2.18 bits per heavy atom. The zero-order chi connectivity index (χ0) is 31.9. The van der Waals surface area contributed by atoms with Crippen molar-refractivity contribution in [3.8, 4) is 28.4 Å². The lowest BCUT2D eigenvalue weighted by molar-refractivity contribution is 0.0790. The number of carbonyl (C=O) groups excluding carboxylic acids is 4. The highest BCUT2D eigenvalue weighted by molar-refractivity contribution is 6.39. The van der Waals surface area contributed by atoms with Crippen LogP contribution in [0, 0.1) is 0 Å². The Kier molecular flexibility index (Phi) is 5.85. The number of H-pyrrole nitrogens is 1.